The predicted molar refractivity (Wildman–Crippen MR) is 57.1 cm³/mol. The van der Waals surface area contributed by atoms with Gasteiger partial charge < -0.3 is 14.6 Å². The average Bonchev–Trinajstić information content (AvgIpc) is 2.15. The Morgan fingerprint density at radius 2 is 1.71 bits per heavy atom. The molecule has 0 aromatic heterocycles. The second-order valence-corrected chi connectivity index (χ2v) is 3.98. The van der Waals surface area contributed by atoms with Gasteiger partial charge in [-0.1, -0.05) is 13.8 Å². The summed E-state index contributed by atoms with van der Waals surface area (Å²) >= 11 is 0. The smallest absolute Gasteiger partial charge is 0.154 e. The highest BCUT2D eigenvalue weighted by atomic mass is 16.7. The minimum atomic E-state index is -0.119. The van der Waals surface area contributed by atoms with Gasteiger partial charge in [0, 0.05) is 13.2 Å². The Bertz CT molecular complexity index is 128. The molecule has 0 aromatic carbocycles. The van der Waals surface area contributed by atoms with Gasteiger partial charge in [0.15, 0.2) is 6.29 Å². The Hall–Kier alpha value is -0.120. The zero-order chi connectivity index (χ0) is 11.0. The molecule has 0 fully saturated rings. The summed E-state index contributed by atoms with van der Waals surface area (Å²) in [5.74, 6) is 0.830. The average molecular weight is 204 g/mol. The number of ether oxygens (including phenoxy) is 2. The van der Waals surface area contributed by atoms with E-state index in [4.69, 9.17) is 14.6 Å². The molecule has 3 atom stereocenters. The van der Waals surface area contributed by atoms with Crippen molar-refractivity contribution < 1.29 is 14.6 Å². The number of aliphatic hydroxyl groups is 1. The number of aliphatic hydroxyl groups excluding tert-OH is 1. The molecule has 0 radical (unpaired) electrons. The first kappa shape index (κ1) is 13.9. The molecule has 3 nitrogen and oxygen atoms in total. The Balaban J connectivity index is 3.47. The Kier molecular flexibility index (Phi) is 8.14. The molecule has 0 aliphatic heterocycles. The van der Waals surface area contributed by atoms with E-state index in [0.717, 1.165) is 6.42 Å². The lowest BCUT2D eigenvalue weighted by Crippen LogP contribution is -2.19. The Morgan fingerprint density at radius 3 is 2.21 bits per heavy atom. The first-order valence-electron chi connectivity index (χ1n) is 5.44. The fourth-order valence-electron chi connectivity index (χ4n) is 1.41. The third kappa shape index (κ3) is 7.30. The molecule has 0 heterocycles. The van der Waals surface area contributed by atoms with Gasteiger partial charge in [-0.15, -0.1) is 0 Å². The highest BCUT2D eigenvalue weighted by Crippen LogP contribution is 2.12. The first-order chi connectivity index (χ1) is 6.60. The third-order valence-corrected chi connectivity index (χ3v) is 2.13. The van der Waals surface area contributed by atoms with Gasteiger partial charge >= 0.3 is 0 Å². The van der Waals surface area contributed by atoms with Crippen LogP contribution in [0.2, 0.25) is 0 Å². The van der Waals surface area contributed by atoms with E-state index < -0.39 is 0 Å². The van der Waals surface area contributed by atoms with E-state index >= 15 is 0 Å². The van der Waals surface area contributed by atoms with Crippen LogP contribution in [0.4, 0.5) is 0 Å². The maximum absolute atomic E-state index is 8.88. The molecule has 0 aromatic rings. The minimum Gasteiger partial charge on any atom is -0.396 e. The third-order valence-electron chi connectivity index (χ3n) is 2.13. The highest BCUT2D eigenvalue weighted by Gasteiger charge is 2.09. The number of hydrogen-bond acceptors (Lipinski definition) is 3. The lowest BCUT2D eigenvalue weighted by atomic mass is 9.99. The van der Waals surface area contributed by atoms with Crippen molar-refractivity contribution in [3.8, 4) is 0 Å². The fraction of sp³-hybridized carbons (Fsp3) is 1.00. The molecule has 14 heavy (non-hydrogen) atoms. The summed E-state index contributed by atoms with van der Waals surface area (Å²) < 4.78 is 10.7. The topological polar surface area (TPSA) is 38.7 Å². The molecule has 0 spiro atoms. The molecule has 0 saturated heterocycles. The van der Waals surface area contributed by atoms with Gasteiger partial charge in [-0.05, 0) is 32.1 Å². The van der Waals surface area contributed by atoms with Crippen molar-refractivity contribution in [3.05, 3.63) is 0 Å². The van der Waals surface area contributed by atoms with Gasteiger partial charge in [0.05, 0.1) is 6.61 Å². The number of hydrogen-bond donors (Lipinski definition) is 1. The maximum Gasteiger partial charge on any atom is 0.154 e. The zero-order valence-corrected chi connectivity index (χ0v) is 9.82. The van der Waals surface area contributed by atoms with Gasteiger partial charge in [-0.3, -0.25) is 0 Å². The van der Waals surface area contributed by atoms with Crippen molar-refractivity contribution in [1.29, 1.82) is 0 Å². The summed E-state index contributed by atoms with van der Waals surface area (Å²) in [5.41, 5.74) is 0. The van der Waals surface area contributed by atoms with E-state index in [1.807, 2.05) is 20.8 Å². The van der Waals surface area contributed by atoms with Crippen molar-refractivity contribution in [2.75, 3.05) is 19.8 Å². The van der Waals surface area contributed by atoms with Crippen molar-refractivity contribution in [1.82, 2.24) is 0 Å². The van der Waals surface area contributed by atoms with E-state index in [9.17, 15) is 0 Å². The van der Waals surface area contributed by atoms with Crippen LogP contribution in [0, 0.1) is 11.8 Å². The second-order valence-electron chi connectivity index (χ2n) is 3.98. The monoisotopic (exact) mass is 204 g/mol. The van der Waals surface area contributed by atoms with Crippen LogP contribution in [0.1, 0.15) is 34.1 Å². The molecule has 0 bridgehead atoms. The zero-order valence-electron chi connectivity index (χ0n) is 9.82. The van der Waals surface area contributed by atoms with Crippen LogP contribution in [0.15, 0.2) is 0 Å². The molecule has 0 rings (SSSR count). The van der Waals surface area contributed by atoms with Crippen molar-refractivity contribution in [2.24, 2.45) is 11.8 Å². The van der Waals surface area contributed by atoms with Gasteiger partial charge in [0.2, 0.25) is 0 Å². The molecule has 1 N–H and O–H groups in total. The van der Waals surface area contributed by atoms with E-state index in [1.165, 1.54) is 0 Å². The normalized spacial score (nSPS) is 17.8. The lowest BCUT2D eigenvalue weighted by molar-refractivity contribution is -0.135. The van der Waals surface area contributed by atoms with Gasteiger partial charge in [0.1, 0.15) is 0 Å². The molecule has 0 aliphatic rings. The van der Waals surface area contributed by atoms with Crippen LogP contribution in [0.25, 0.3) is 0 Å². The van der Waals surface area contributed by atoms with Crippen LogP contribution in [-0.2, 0) is 9.47 Å². The standard InChI is InChI=1S/C11H24O3/c1-5-13-11(4)14-8-10(3)6-9(2)7-12/h9-12H,5-8H2,1-4H3/t9-,10+,11?/m0/s1. The van der Waals surface area contributed by atoms with E-state index in [0.29, 0.717) is 25.0 Å². The molecular formula is C11H24O3. The summed E-state index contributed by atoms with van der Waals surface area (Å²) in [6, 6.07) is 0. The summed E-state index contributed by atoms with van der Waals surface area (Å²) in [4.78, 5) is 0. The van der Waals surface area contributed by atoms with Crippen LogP contribution in [-0.4, -0.2) is 31.2 Å². The predicted octanol–water partition coefficient (Wildman–Crippen LogP) is 2.04. The van der Waals surface area contributed by atoms with Gasteiger partial charge in [-0.25, -0.2) is 0 Å². The van der Waals surface area contributed by atoms with E-state index in [2.05, 4.69) is 6.92 Å². The molecule has 3 heteroatoms. The Morgan fingerprint density at radius 1 is 1.07 bits per heavy atom. The van der Waals surface area contributed by atoms with Crippen molar-refractivity contribution in [3.63, 3.8) is 0 Å². The van der Waals surface area contributed by atoms with Crippen LogP contribution < -0.4 is 0 Å². The molecule has 0 aliphatic carbocycles. The van der Waals surface area contributed by atoms with Crippen LogP contribution >= 0.6 is 0 Å². The van der Waals surface area contributed by atoms with Crippen LogP contribution in [0.3, 0.4) is 0 Å². The van der Waals surface area contributed by atoms with E-state index in [-0.39, 0.29) is 12.9 Å². The molecule has 86 valence electrons. The molecule has 1 unspecified atom stereocenters. The number of rotatable bonds is 8. The summed E-state index contributed by atoms with van der Waals surface area (Å²) in [6.45, 7) is 9.68. The lowest BCUT2D eigenvalue weighted by Gasteiger charge is -2.18. The minimum absolute atomic E-state index is 0.119. The van der Waals surface area contributed by atoms with Gasteiger partial charge in [0.25, 0.3) is 0 Å². The largest absolute Gasteiger partial charge is 0.396 e. The van der Waals surface area contributed by atoms with Crippen molar-refractivity contribution >= 4 is 0 Å². The molecular weight excluding hydrogens is 180 g/mol. The molecule has 0 amide bonds. The fourth-order valence-corrected chi connectivity index (χ4v) is 1.41. The SMILES string of the molecule is CCOC(C)OC[C@H](C)C[C@H](C)CO. The Labute approximate surface area is 87.4 Å². The van der Waals surface area contributed by atoms with Crippen molar-refractivity contribution in [2.45, 2.75) is 40.4 Å². The summed E-state index contributed by atoms with van der Waals surface area (Å²) in [6.07, 6.45) is 0.877. The second kappa shape index (κ2) is 8.21. The summed E-state index contributed by atoms with van der Waals surface area (Å²) in [7, 11) is 0. The van der Waals surface area contributed by atoms with Gasteiger partial charge in [-0.2, -0.15) is 0 Å². The van der Waals surface area contributed by atoms with E-state index in [1.54, 1.807) is 0 Å². The van der Waals surface area contributed by atoms with Crippen LogP contribution in [0.5, 0.6) is 0 Å². The maximum atomic E-state index is 8.88. The quantitative estimate of drug-likeness (QED) is 0.615. The highest BCUT2D eigenvalue weighted by molar-refractivity contribution is 4.57. The summed E-state index contributed by atoms with van der Waals surface area (Å²) in [5, 5.41) is 8.88. The molecule has 0 saturated carbocycles. The first-order valence-corrected chi connectivity index (χ1v) is 5.44.